The Balaban J connectivity index is 1.86. The number of aromatic nitrogens is 1. The predicted octanol–water partition coefficient (Wildman–Crippen LogP) is 3.44. The molecule has 0 radical (unpaired) electrons. The van der Waals surface area contributed by atoms with Crippen LogP contribution >= 0.6 is 27.3 Å². The molecule has 0 saturated heterocycles. The number of methoxy groups -OCH3 is 1. The Morgan fingerprint density at radius 2 is 1.71 bits per heavy atom. The van der Waals surface area contributed by atoms with Gasteiger partial charge in [0.05, 0.1) is 47.6 Å². The number of carboxylic acids is 1. The molecule has 0 spiro atoms. The molecule has 0 unspecified atom stereocenters. The normalized spacial score (nSPS) is 14.4. The van der Waals surface area contributed by atoms with Crippen molar-refractivity contribution in [3.05, 3.63) is 77.4 Å². The number of aliphatic carboxylic acids is 1. The standard InChI is InChI=1S/C29H29BrN2O9S/c1-5-38-20-9-8-17(13-21(20)39-6-2)25-18(28(36)37-4)14-31-29-32(25)27(35)23(42-29)12-16-10-19(30)26(41-15-24(33)34)22(11-16)40-7-3/h8-14,25H,5-7,15H2,1-4H3,(H,33,34)/b23-12-/t25-/m1/s1. The lowest BCUT2D eigenvalue weighted by atomic mass is 9.97. The fraction of sp³-hybridized carbons (Fsp3) is 0.310. The van der Waals surface area contributed by atoms with Crippen molar-refractivity contribution in [2.45, 2.75) is 26.8 Å². The summed E-state index contributed by atoms with van der Waals surface area (Å²) in [6.07, 6.45) is 3.08. The lowest BCUT2D eigenvalue weighted by Gasteiger charge is -2.23. The second-order valence-corrected chi connectivity index (χ2v) is 10.6. The van der Waals surface area contributed by atoms with Crippen LogP contribution in [0.25, 0.3) is 6.08 Å². The van der Waals surface area contributed by atoms with Crippen molar-refractivity contribution < 1.29 is 38.4 Å². The van der Waals surface area contributed by atoms with Crippen LogP contribution in [0.1, 0.15) is 37.9 Å². The molecule has 1 aliphatic rings. The molecule has 0 bridgehead atoms. The maximum atomic E-state index is 13.9. The highest BCUT2D eigenvalue weighted by Crippen LogP contribution is 2.38. The zero-order valence-electron chi connectivity index (χ0n) is 23.3. The van der Waals surface area contributed by atoms with Crippen LogP contribution in [0.2, 0.25) is 0 Å². The number of halogens is 1. The smallest absolute Gasteiger partial charge is 0.341 e. The molecule has 3 aromatic rings. The lowest BCUT2D eigenvalue weighted by Crippen LogP contribution is -2.39. The molecule has 0 saturated carbocycles. The summed E-state index contributed by atoms with van der Waals surface area (Å²) in [5, 5.41) is 9.02. The summed E-state index contributed by atoms with van der Waals surface area (Å²) in [6.45, 7) is 6.11. The van der Waals surface area contributed by atoms with Gasteiger partial charge in [-0.15, -0.1) is 0 Å². The van der Waals surface area contributed by atoms with Crippen molar-refractivity contribution in [1.82, 2.24) is 4.57 Å². The second-order valence-electron chi connectivity index (χ2n) is 8.69. The van der Waals surface area contributed by atoms with E-state index in [1.54, 1.807) is 43.3 Å². The summed E-state index contributed by atoms with van der Waals surface area (Å²) in [7, 11) is 1.27. The Kier molecular flexibility index (Phi) is 10.1. The van der Waals surface area contributed by atoms with Gasteiger partial charge in [-0.05, 0) is 78.2 Å². The number of hydrogen-bond donors (Lipinski definition) is 1. The van der Waals surface area contributed by atoms with Crippen LogP contribution in [0.4, 0.5) is 0 Å². The summed E-state index contributed by atoms with van der Waals surface area (Å²) in [6, 6.07) is 7.79. The topological polar surface area (TPSA) is 135 Å². The van der Waals surface area contributed by atoms with Gasteiger partial charge in [0.25, 0.3) is 5.56 Å². The van der Waals surface area contributed by atoms with Crippen molar-refractivity contribution >= 4 is 45.3 Å². The van der Waals surface area contributed by atoms with Gasteiger partial charge >= 0.3 is 11.9 Å². The fourth-order valence-corrected chi connectivity index (χ4v) is 5.89. The summed E-state index contributed by atoms with van der Waals surface area (Å²) < 4.78 is 29.8. The first-order valence-corrected chi connectivity index (χ1v) is 14.6. The molecule has 11 nitrogen and oxygen atoms in total. The van der Waals surface area contributed by atoms with Crippen LogP contribution in [-0.4, -0.2) is 55.1 Å². The van der Waals surface area contributed by atoms with Gasteiger partial charge in [0.1, 0.15) is 0 Å². The molecule has 1 aromatic heterocycles. The van der Waals surface area contributed by atoms with Crippen LogP contribution < -0.4 is 33.8 Å². The van der Waals surface area contributed by atoms with Crippen LogP contribution in [0.15, 0.2) is 56.4 Å². The number of carbonyl (C=O) groups excluding carboxylic acids is 1. The van der Waals surface area contributed by atoms with Crippen LogP contribution in [0.3, 0.4) is 0 Å². The first kappa shape index (κ1) is 30.8. The van der Waals surface area contributed by atoms with E-state index in [1.165, 1.54) is 17.9 Å². The molecule has 13 heteroatoms. The zero-order valence-corrected chi connectivity index (χ0v) is 25.7. The number of carbonyl (C=O) groups is 2. The molecule has 2 heterocycles. The maximum Gasteiger partial charge on any atom is 0.341 e. The number of esters is 1. The van der Waals surface area contributed by atoms with Gasteiger partial charge in [-0.2, -0.15) is 0 Å². The molecular formula is C29H29BrN2O9S. The molecule has 0 aliphatic carbocycles. The first-order chi connectivity index (χ1) is 20.2. The third-order valence-electron chi connectivity index (χ3n) is 5.98. The monoisotopic (exact) mass is 660 g/mol. The van der Waals surface area contributed by atoms with Gasteiger partial charge in [-0.3, -0.25) is 9.36 Å². The first-order valence-electron chi connectivity index (χ1n) is 13.0. The minimum atomic E-state index is -1.13. The summed E-state index contributed by atoms with van der Waals surface area (Å²) in [5.74, 6) is -0.162. The van der Waals surface area contributed by atoms with E-state index >= 15 is 0 Å². The van der Waals surface area contributed by atoms with Gasteiger partial charge in [0.2, 0.25) is 0 Å². The highest BCUT2D eigenvalue weighted by molar-refractivity contribution is 9.10. The number of fused-ring (bicyclic) bond motifs is 1. The molecule has 0 fully saturated rings. The number of carboxylic acid groups (broad SMARTS) is 1. The average Bonchev–Trinajstić information content (AvgIpc) is 3.27. The fourth-order valence-electron chi connectivity index (χ4n) is 4.35. The number of thiazole rings is 1. The molecule has 4 rings (SSSR count). The molecule has 222 valence electrons. The van der Waals surface area contributed by atoms with E-state index in [1.807, 2.05) is 13.8 Å². The highest BCUT2D eigenvalue weighted by Gasteiger charge is 2.31. The van der Waals surface area contributed by atoms with Crippen molar-refractivity contribution in [1.29, 1.82) is 0 Å². The molecule has 42 heavy (non-hydrogen) atoms. The Hall–Kier alpha value is -4.10. The second kappa shape index (κ2) is 13.7. The SMILES string of the molecule is CCOc1ccc([C@@H]2C(C(=O)OC)=CN=c3s/c(=C\c4cc(Br)c(OCC(=O)O)c(OCC)c4)c(=O)n32)cc1OCC. The molecule has 1 N–H and O–H groups in total. The van der Waals surface area contributed by atoms with Crippen molar-refractivity contribution in [2.75, 3.05) is 33.5 Å². The quantitative estimate of drug-likeness (QED) is 0.290. The minimum Gasteiger partial charge on any atom is -0.490 e. The maximum absolute atomic E-state index is 13.9. The molecular weight excluding hydrogens is 632 g/mol. The van der Waals surface area contributed by atoms with Crippen molar-refractivity contribution in [3.8, 4) is 23.0 Å². The average molecular weight is 662 g/mol. The number of nitrogens with zero attached hydrogens (tertiary/aromatic N) is 2. The predicted molar refractivity (Wildman–Crippen MR) is 158 cm³/mol. The van der Waals surface area contributed by atoms with E-state index in [0.29, 0.717) is 62.0 Å². The van der Waals surface area contributed by atoms with Crippen molar-refractivity contribution in [2.24, 2.45) is 4.99 Å². The zero-order chi connectivity index (χ0) is 30.4. The number of benzene rings is 2. The largest absolute Gasteiger partial charge is 0.490 e. The van der Waals surface area contributed by atoms with E-state index in [-0.39, 0.29) is 16.9 Å². The van der Waals surface area contributed by atoms with Crippen molar-refractivity contribution in [3.63, 3.8) is 0 Å². The van der Waals surface area contributed by atoms with Crippen LogP contribution in [0.5, 0.6) is 23.0 Å². The minimum absolute atomic E-state index is 0.185. The molecule has 1 atom stereocenters. The van der Waals surface area contributed by atoms with E-state index in [2.05, 4.69) is 20.9 Å². The van der Waals surface area contributed by atoms with Gasteiger partial charge in [-0.25, -0.2) is 14.6 Å². The Labute approximate surface area is 253 Å². The third-order valence-corrected chi connectivity index (χ3v) is 7.56. The number of hydrogen-bond acceptors (Lipinski definition) is 10. The van der Waals surface area contributed by atoms with E-state index in [0.717, 1.165) is 11.3 Å². The summed E-state index contributed by atoms with van der Waals surface area (Å²) in [4.78, 5) is 42.5. The third kappa shape index (κ3) is 6.52. The molecule has 2 aromatic carbocycles. The van der Waals surface area contributed by atoms with E-state index < -0.39 is 24.6 Å². The van der Waals surface area contributed by atoms with Gasteiger partial charge in [0, 0.05) is 6.20 Å². The molecule has 1 aliphatic heterocycles. The van der Waals surface area contributed by atoms with Gasteiger partial charge < -0.3 is 28.8 Å². The van der Waals surface area contributed by atoms with E-state index in [9.17, 15) is 14.4 Å². The molecule has 0 amide bonds. The van der Waals surface area contributed by atoms with Gasteiger partial charge in [0.15, 0.2) is 34.4 Å². The summed E-state index contributed by atoms with van der Waals surface area (Å²) in [5.41, 5.74) is 1.03. The van der Waals surface area contributed by atoms with Crippen LogP contribution in [0, 0.1) is 0 Å². The lowest BCUT2D eigenvalue weighted by molar-refractivity contribution is -0.139. The van der Waals surface area contributed by atoms with Gasteiger partial charge in [-0.1, -0.05) is 17.4 Å². The Morgan fingerprint density at radius 1 is 1.02 bits per heavy atom. The van der Waals surface area contributed by atoms with Crippen LogP contribution in [-0.2, 0) is 14.3 Å². The number of ether oxygens (including phenoxy) is 5. The highest BCUT2D eigenvalue weighted by atomic mass is 79.9. The number of rotatable bonds is 12. The Bertz CT molecular complexity index is 1710. The van der Waals surface area contributed by atoms with E-state index in [4.69, 9.17) is 28.8 Å². The Morgan fingerprint density at radius 3 is 2.38 bits per heavy atom. The summed E-state index contributed by atoms with van der Waals surface area (Å²) >= 11 is 4.57.